The minimum Gasteiger partial charge on any atom is -0.326 e. The number of rotatable bonds is 3. The van der Waals surface area contributed by atoms with Crippen molar-refractivity contribution in [2.24, 2.45) is 0 Å². The number of nitrogens with one attached hydrogen (secondary N) is 2. The van der Waals surface area contributed by atoms with Crippen LogP contribution in [-0.2, 0) is 4.79 Å². The van der Waals surface area contributed by atoms with E-state index in [2.05, 4.69) is 31.1 Å². The number of benzene rings is 1. The standard InChI is InChI=1S/C17H14ClN7O/c1-10-14(16(26)21-13-4-2-3-9-19-13)15(11-5-7-12(18)8-6-11)25-17(20-10)22-23-24-25/h2-9,15H,1H3,(H,19,21,26)(H,20,22,24)/t15-/m0/s1. The van der Waals surface area contributed by atoms with Crippen molar-refractivity contribution in [3.05, 3.63) is 70.5 Å². The van der Waals surface area contributed by atoms with Crippen molar-refractivity contribution in [3.8, 4) is 0 Å². The lowest BCUT2D eigenvalue weighted by Crippen LogP contribution is -2.31. The Hall–Kier alpha value is -3.26. The van der Waals surface area contributed by atoms with Gasteiger partial charge in [-0.15, -0.1) is 0 Å². The quantitative estimate of drug-likeness (QED) is 0.738. The van der Waals surface area contributed by atoms with Crippen molar-refractivity contribution in [1.29, 1.82) is 0 Å². The number of allylic oxidation sites excluding steroid dienone is 1. The van der Waals surface area contributed by atoms with Crippen LogP contribution in [0.25, 0.3) is 0 Å². The minimum atomic E-state index is -0.484. The van der Waals surface area contributed by atoms with E-state index in [1.165, 1.54) is 0 Å². The molecule has 2 N–H and O–H groups in total. The van der Waals surface area contributed by atoms with E-state index >= 15 is 0 Å². The third-order valence-electron chi connectivity index (χ3n) is 4.05. The SMILES string of the molecule is CC1=C(C(=O)Nc2ccccn2)[C@H](c2ccc(Cl)cc2)n2nnnc2N1. The van der Waals surface area contributed by atoms with E-state index in [0.29, 0.717) is 28.1 Å². The van der Waals surface area contributed by atoms with E-state index in [9.17, 15) is 4.79 Å². The second-order valence-corrected chi connectivity index (χ2v) is 6.17. The van der Waals surface area contributed by atoms with Crippen molar-refractivity contribution in [2.75, 3.05) is 10.6 Å². The number of hydrogen-bond acceptors (Lipinski definition) is 6. The van der Waals surface area contributed by atoms with Crippen LogP contribution in [0.5, 0.6) is 0 Å². The molecule has 26 heavy (non-hydrogen) atoms. The summed E-state index contributed by atoms with van der Waals surface area (Å²) in [4.78, 5) is 17.1. The van der Waals surface area contributed by atoms with Gasteiger partial charge in [-0.1, -0.05) is 34.9 Å². The van der Waals surface area contributed by atoms with Gasteiger partial charge in [-0.3, -0.25) is 4.79 Å². The first kappa shape index (κ1) is 16.2. The van der Waals surface area contributed by atoms with Gasteiger partial charge in [0.15, 0.2) is 0 Å². The zero-order valence-corrected chi connectivity index (χ0v) is 14.5. The molecule has 0 saturated heterocycles. The lowest BCUT2D eigenvalue weighted by atomic mass is 9.95. The molecule has 0 unspecified atom stereocenters. The normalized spacial score (nSPS) is 16.0. The average Bonchev–Trinajstić information content (AvgIpc) is 3.10. The van der Waals surface area contributed by atoms with Gasteiger partial charge >= 0.3 is 0 Å². The average molecular weight is 368 g/mol. The second kappa shape index (κ2) is 6.57. The molecule has 0 saturated carbocycles. The number of anilines is 2. The molecule has 1 aromatic carbocycles. The molecular formula is C17H14ClN7O. The molecule has 9 heteroatoms. The zero-order chi connectivity index (χ0) is 18.1. The van der Waals surface area contributed by atoms with Crippen LogP contribution in [0.1, 0.15) is 18.5 Å². The van der Waals surface area contributed by atoms with E-state index in [-0.39, 0.29) is 5.91 Å². The largest absolute Gasteiger partial charge is 0.326 e. The highest BCUT2D eigenvalue weighted by Gasteiger charge is 2.34. The summed E-state index contributed by atoms with van der Waals surface area (Å²) in [5.41, 5.74) is 2.01. The molecule has 3 aromatic rings. The van der Waals surface area contributed by atoms with Gasteiger partial charge in [0, 0.05) is 16.9 Å². The topological polar surface area (TPSA) is 97.6 Å². The Morgan fingerprint density at radius 2 is 2.04 bits per heavy atom. The molecule has 0 fully saturated rings. The molecule has 4 rings (SSSR count). The van der Waals surface area contributed by atoms with E-state index in [1.807, 2.05) is 19.1 Å². The highest BCUT2D eigenvalue weighted by atomic mass is 35.5. The molecule has 0 aliphatic carbocycles. The predicted molar refractivity (Wildman–Crippen MR) is 96.6 cm³/mol. The molecule has 130 valence electrons. The predicted octanol–water partition coefficient (Wildman–Crippen LogP) is 2.65. The number of pyridine rings is 1. The molecule has 2 aromatic heterocycles. The summed E-state index contributed by atoms with van der Waals surface area (Å²) in [5.74, 6) is 0.654. The lowest BCUT2D eigenvalue weighted by Gasteiger charge is -2.27. The van der Waals surface area contributed by atoms with Crippen molar-refractivity contribution in [2.45, 2.75) is 13.0 Å². The monoisotopic (exact) mass is 367 g/mol. The Morgan fingerprint density at radius 1 is 1.23 bits per heavy atom. The number of tetrazole rings is 1. The summed E-state index contributed by atoms with van der Waals surface area (Å²) < 4.78 is 1.57. The highest BCUT2D eigenvalue weighted by molar-refractivity contribution is 6.30. The molecule has 1 aliphatic heterocycles. The van der Waals surface area contributed by atoms with Crippen LogP contribution in [-0.4, -0.2) is 31.1 Å². The van der Waals surface area contributed by atoms with Gasteiger partial charge in [0.25, 0.3) is 5.91 Å². The van der Waals surface area contributed by atoms with Crippen molar-refractivity contribution in [3.63, 3.8) is 0 Å². The minimum absolute atomic E-state index is 0.283. The summed E-state index contributed by atoms with van der Waals surface area (Å²) in [5, 5.41) is 18.2. The maximum Gasteiger partial charge on any atom is 0.257 e. The van der Waals surface area contributed by atoms with Gasteiger partial charge in [-0.2, -0.15) is 4.68 Å². The Labute approximate surface area is 153 Å². The number of aromatic nitrogens is 5. The van der Waals surface area contributed by atoms with Crippen LogP contribution in [0.4, 0.5) is 11.8 Å². The molecule has 0 bridgehead atoms. The Morgan fingerprint density at radius 3 is 2.77 bits per heavy atom. The Bertz CT molecular complexity index is 982. The van der Waals surface area contributed by atoms with Crippen molar-refractivity contribution < 1.29 is 4.79 Å². The van der Waals surface area contributed by atoms with Gasteiger partial charge in [0.2, 0.25) is 5.95 Å². The third kappa shape index (κ3) is 2.91. The number of carbonyl (C=O) groups excluding carboxylic acids is 1. The number of carbonyl (C=O) groups is 1. The molecule has 1 amide bonds. The van der Waals surface area contributed by atoms with Crippen LogP contribution in [0, 0.1) is 0 Å². The van der Waals surface area contributed by atoms with E-state index in [4.69, 9.17) is 11.6 Å². The van der Waals surface area contributed by atoms with Gasteiger partial charge in [-0.05, 0) is 47.2 Å². The summed E-state index contributed by atoms with van der Waals surface area (Å²) in [6, 6.07) is 12.1. The number of nitrogens with zero attached hydrogens (tertiary/aromatic N) is 5. The maximum atomic E-state index is 13.0. The lowest BCUT2D eigenvalue weighted by molar-refractivity contribution is -0.113. The maximum absolute atomic E-state index is 13.0. The summed E-state index contributed by atoms with van der Waals surface area (Å²) in [7, 11) is 0. The number of hydrogen-bond donors (Lipinski definition) is 2. The molecule has 1 aliphatic rings. The van der Waals surface area contributed by atoms with Crippen LogP contribution >= 0.6 is 11.6 Å². The fraction of sp³-hybridized carbons (Fsp3) is 0.118. The molecule has 1 atom stereocenters. The molecular weight excluding hydrogens is 354 g/mol. The Kier molecular flexibility index (Phi) is 4.10. The molecule has 0 spiro atoms. The second-order valence-electron chi connectivity index (χ2n) is 5.73. The number of halogens is 1. The summed E-state index contributed by atoms with van der Waals surface area (Å²) in [6.45, 7) is 1.81. The molecule has 8 nitrogen and oxygen atoms in total. The fourth-order valence-electron chi connectivity index (χ4n) is 2.88. The van der Waals surface area contributed by atoms with Gasteiger partial charge in [-0.25, -0.2) is 4.98 Å². The van der Waals surface area contributed by atoms with Gasteiger partial charge in [0.05, 0.1) is 5.57 Å². The molecule has 3 heterocycles. The third-order valence-corrected chi connectivity index (χ3v) is 4.30. The van der Waals surface area contributed by atoms with Crippen LogP contribution in [0.3, 0.4) is 0 Å². The highest BCUT2D eigenvalue weighted by Crippen LogP contribution is 2.35. The molecule has 0 radical (unpaired) electrons. The van der Waals surface area contributed by atoms with E-state index in [1.54, 1.807) is 41.2 Å². The van der Waals surface area contributed by atoms with Crippen molar-refractivity contribution >= 4 is 29.3 Å². The number of amides is 1. The van der Waals surface area contributed by atoms with Crippen LogP contribution < -0.4 is 10.6 Å². The van der Waals surface area contributed by atoms with Gasteiger partial charge < -0.3 is 10.6 Å². The fourth-order valence-corrected chi connectivity index (χ4v) is 3.01. The van der Waals surface area contributed by atoms with Crippen LogP contribution in [0.15, 0.2) is 59.9 Å². The summed E-state index contributed by atoms with van der Waals surface area (Å²) in [6.07, 6.45) is 1.62. The summed E-state index contributed by atoms with van der Waals surface area (Å²) >= 11 is 6.01. The van der Waals surface area contributed by atoms with Gasteiger partial charge in [0.1, 0.15) is 11.9 Å². The number of fused-ring (bicyclic) bond motifs is 1. The smallest absolute Gasteiger partial charge is 0.257 e. The first-order valence-corrected chi connectivity index (χ1v) is 8.25. The van der Waals surface area contributed by atoms with E-state index in [0.717, 1.165) is 5.56 Å². The first-order valence-electron chi connectivity index (χ1n) is 7.87. The first-order chi connectivity index (χ1) is 12.6. The van der Waals surface area contributed by atoms with E-state index < -0.39 is 6.04 Å². The Balaban J connectivity index is 1.77. The van der Waals surface area contributed by atoms with Crippen molar-refractivity contribution in [1.82, 2.24) is 25.2 Å². The van der Waals surface area contributed by atoms with Crippen LogP contribution in [0.2, 0.25) is 5.02 Å². The zero-order valence-electron chi connectivity index (χ0n) is 13.7.